The normalized spacial score (nSPS) is 15.9. The second kappa shape index (κ2) is 7.63. The van der Waals surface area contributed by atoms with E-state index in [1.54, 1.807) is 5.06 Å². The van der Waals surface area contributed by atoms with Crippen molar-refractivity contribution in [3.63, 3.8) is 0 Å². The Kier molecular flexibility index (Phi) is 7.82. The molecule has 0 heterocycles. The molecule has 0 aliphatic carbocycles. The summed E-state index contributed by atoms with van der Waals surface area (Å²) in [6.07, 6.45) is 2.28. The van der Waals surface area contributed by atoms with Crippen LogP contribution in [0.3, 0.4) is 0 Å². The van der Waals surface area contributed by atoms with Crippen LogP contribution >= 0.6 is 14.5 Å². The third kappa shape index (κ3) is 4.55. The molecular formula is C19H44OP2. The first-order valence-electron chi connectivity index (χ1n) is 9.07. The summed E-state index contributed by atoms with van der Waals surface area (Å²) < 4.78 is 0. The van der Waals surface area contributed by atoms with E-state index >= 15 is 0 Å². The molecule has 0 atom stereocenters. The molecule has 0 bridgehead atoms. The molecule has 0 aromatic rings. The van der Waals surface area contributed by atoms with Gasteiger partial charge in [-0.3, -0.25) is 0 Å². The van der Waals surface area contributed by atoms with Crippen molar-refractivity contribution >= 4 is 14.5 Å². The summed E-state index contributed by atoms with van der Waals surface area (Å²) in [5, 5.41) is 12.3. The Morgan fingerprint density at radius 2 is 0.955 bits per heavy atom. The predicted octanol–water partition coefficient (Wildman–Crippen LogP) is 5.99. The van der Waals surface area contributed by atoms with E-state index in [2.05, 4.69) is 74.8 Å². The van der Waals surface area contributed by atoms with Gasteiger partial charge in [0.1, 0.15) is 0 Å². The van der Waals surface area contributed by atoms with Crippen molar-refractivity contribution in [2.24, 2.45) is 0 Å². The van der Waals surface area contributed by atoms with Crippen LogP contribution in [-0.2, 0) is 0 Å². The van der Waals surface area contributed by atoms with E-state index in [4.69, 9.17) is 0 Å². The Morgan fingerprint density at radius 1 is 0.727 bits per heavy atom. The molecule has 0 spiro atoms. The summed E-state index contributed by atoms with van der Waals surface area (Å²) >= 11 is 0. The molecule has 0 aliphatic heterocycles. The van der Waals surface area contributed by atoms with Gasteiger partial charge in [0.05, 0.1) is 0 Å². The average molecular weight is 351 g/mol. The molecule has 0 fully saturated rings. The maximum absolute atomic E-state index is 10.6. The molecule has 0 rings (SSSR count). The van der Waals surface area contributed by atoms with Gasteiger partial charge in [0.25, 0.3) is 0 Å². The quantitative estimate of drug-likeness (QED) is 0.559. The summed E-state index contributed by atoms with van der Waals surface area (Å²) in [6.45, 7) is 28.2. The Bertz CT molecular complexity index is 343. The minimum absolute atomic E-state index is 0.699. The zero-order valence-corrected chi connectivity index (χ0v) is 19.3. The van der Waals surface area contributed by atoms with Gasteiger partial charge >= 0.3 is 142 Å². The first-order valence-corrected chi connectivity index (χ1v) is 14.4. The molecule has 0 aliphatic rings. The van der Waals surface area contributed by atoms with Gasteiger partial charge in [-0.05, 0) is 0 Å². The van der Waals surface area contributed by atoms with E-state index in [0.29, 0.717) is 22.6 Å². The molecule has 0 amide bonds. The van der Waals surface area contributed by atoms with Crippen LogP contribution in [0, 0.1) is 0 Å². The van der Waals surface area contributed by atoms with Crippen LogP contribution in [0.25, 0.3) is 0 Å². The van der Waals surface area contributed by atoms with E-state index in [1.165, 1.54) is 0 Å². The van der Waals surface area contributed by atoms with Crippen molar-refractivity contribution in [2.75, 3.05) is 13.3 Å². The number of rotatable bonds is 7. The van der Waals surface area contributed by atoms with Crippen molar-refractivity contribution in [1.82, 2.24) is 0 Å². The zero-order valence-electron chi connectivity index (χ0n) is 17.3. The molecule has 1 N–H and O–H groups in total. The van der Waals surface area contributed by atoms with E-state index in [9.17, 15) is 5.11 Å². The van der Waals surface area contributed by atoms with Crippen molar-refractivity contribution in [1.29, 1.82) is 0 Å². The van der Waals surface area contributed by atoms with Crippen LogP contribution in [0.15, 0.2) is 11.1 Å². The van der Waals surface area contributed by atoms with E-state index in [-0.39, 0.29) is 0 Å². The molecule has 3 heteroatoms. The van der Waals surface area contributed by atoms with Crippen molar-refractivity contribution < 1.29 is 5.11 Å². The Balaban J connectivity index is 6.60. The van der Waals surface area contributed by atoms with Crippen molar-refractivity contribution in [3.8, 4) is 0 Å². The third-order valence-corrected chi connectivity index (χ3v) is 21.9. The van der Waals surface area contributed by atoms with Crippen LogP contribution in [0.1, 0.15) is 69.2 Å². The Labute approximate surface area is 142 Å². The van der Waals surface area contributed by atoms with E-state index in [1.807, 2.05) is 13.8 Å². The monoisotopic (exact) mass is 350 g/mol. The Morgan fingerprint density at radius 3 is 1.09 bits per heavy atom. The number of hydrogen-bond acceptors (Lipinski definition) is 1. The van der Waals surface area contributed by atoms with Crippen molar-refractivity contribution in [2.45, 2.75) is 97.5 Å². The molecule has 1 nitrogen and oxygen atoms in total. The third-order valence-electron chi connectivity index (χ3n) is 6.46. The molecule has 22 heavy (non-hydrogen) atoms. The minimum atomic E-state index is -1.64. The van der Waals surface area contributed by atoms with Gasteiger partial charge in [0.2, 0.25) is 0 Å². The topological polar surface area (TPSA) is 20.2 Å². The molecule has 0 aromatic heterocycles. The van der Waals surface area contributed by atoms with Gasteiger partial charge in [0, 0.05) is 0 Å². The first-order chi connectivity index (χ1) is 9.61. The first kappa shape index (κ1) is 22.6. The van der Waals surface area contributed by atoms with Gasteiger partial charge in [-0.25, -0.2) is 0 Å². The summed E-state index contributed by atoms with van der Waals surface area (Å²) in [5.74, 6) is 0. The summed E-state index contributed by atoms with van der Waals surface area (Å²) in [6, 6.07) is 0. The predicted molar refractivity (Wildman–Crippen MR) is 113 cm³/mol. The molecule has 0 saturated carbocycles. The SMILES string of the molecule is CC(C)[PH](C)(C(=CC(C)(C)O)[PH](C)(C(C)C)C(C)C)C(C)C. The van der Waals surface area contributed by atoms with Crippen LogP contribution in [0.2, 0.25) is 0 Å². The molecule has 136 valence electrons. The second-order valence-corrected chi connectivity index (χ2v) is 20.7. The standard InChI is InChI=1S/C19H44OP2/c1-14(2)21(11,15(3)4)18(13-19(9,10)20)22(12,16(5)6)17(7)8/h13-17,20-22H,1-12H3. The molecule has 0 unspecified atom stereocenters. The number of aliphatic hydroxyl groups is 1. The Hall–Kier alpha value is 0.560. The van der Waals surface area contributed by atoms with Gasteiger partial charge in [-0.15, -0.1) is 0 Å². The summed E-state index contributed by atoms with van der Waals surface area (Å²) in [7, 11) is -3.28. The summed E-state index contributed by atoms with van der Waals surface area (Å²) in [5.41, 5.74) is 2.08. The van der Waals surface area contributed by atoms with E-state index in [0.717, 1.165) is 0 Å². The van der Waals surface area contributed by atoms with E-state index < -0.39 is 20.1 Å². The molecule has 0 aromatic carbocycles. The average Bonchev–Trinajstić information content (AvgIpc) is 2.31. The van der Waals surface area contributed by atoms with Gasteiger partial charge in [0.15, 0.2) is 0 Å². The van der Waals surface area contributed by atoms with Gasteiger partial charge in [-0.2, -0.15) is 0 Å². The van der Waals surface area contributed by atoms with Crippen LogP contribution < -0.4 is 0 Å². The van der Waals surface area contributed by atoms with Gasteiger partial charge in [-0.1, -0.05) is 0 Å². The zero-order chi connectivity index (χ0) is 18.1. The molecule has 0 saturated heterocycles. The second-order valence-electron chi connectivity index (χ2n) is 9.40. The van der Waals surface area contributed by atoms with Crippen LogP contribution in [0.4, 0.5) is 0 Å². The fourth-order valence-electron chi connectivity index (χ4n) is 3.82. The van der Waals surface area contributed by atoms with Crippen LogP contribution in [-0.4, -0.2) is 46.7 Å². The van der Waals surface area contributed by atoms with Crippen molar-refractivity contribution in [3.05, 3.63) is 11.1 Å². The van der Waals surface area contributed by atoms with Crippen LogP contribution in [0.5, 0.6) is 0 Å². The fraction of sp³-hybridized carbons (Fsp3) is 0.895. The maximum atomic E-state index is 10.6. The molecular weight excluding hydrogens is 306 g/mol. The number of hydrogen-bond donors (Lipinski definition) is 1. The van der Waals surface area contributed by atoms with Gasteiger partial charge < -0.3 is 0 Å². The molecule has 0 radical (unpaired) electrons. The fourth-order valence-corrected chi connectivity index (χ4v) is 18.4. The summed E-state index contributed by atoms with van der Waals surface area (Å²) in [4.78, 5) is 0.